The van der Waals surface area contributed by atoms with E-state index in [-0.39, 0.29) is 29.8 Å². The summed E-state index contributed by atoms with van der Waals surface area (Å²) >= 11 is 0. The first-order chi connectivity index (χ1) is 20.2. The summed E-state index contributed by atoms with van der Waals surface area (Å²) in [4.78, 5) is 31.4. The van der Waals surface area contributed by atoms with E-state index in [1.165, 1.54) is 10.6 Å². The molecule has 1 spiro atoms. The predicted octanol–water partition coefficient (Wildman–Crippen LogP) is 3.15. The van der Waals surface area contributed by atoms with Crippen LogP contribution < -0.4 is 9.62 Å². The van der Waals surface area contributed by atoms with Crippen molar-refractivity contribution >= 4 is 27.5 Å². The van der Waals surface area contributed by atoms with Crippen LogP contribution in [0.25, 0.3) is 0 Å². The molecule has 0 aromatic heterocycles. The third-order valence-corrected chi connectivity index (χ3v) is 10.3. The predicted molar refractivity (Wildman–Crippen MR) is 164 cm³/mol. The van der Waals surface area contributed by atoms with Crippen molar-refractivity contribution in [3.63, 3.8) is 0 Å². The number of carbonyl (C=O) groups excluding carboxylic acids is 2. The van der Waals surface area contributed by atoms with Gasteiger partial charge in [-0.1, -0.05) is 55.5 Å². The van der Waals surface area contributed by atoms with E-state index in [2.05, 4.69) is 17.1 Å². The van der Waals surface area contributed by atoms with Gasteiger partial charge in [-0.2, -0.15) is 0 Å². The van der Waals surface area contributed by atoms with Crippen LogP contribution in [0.4, 0.5) is 5.69 Å². The summed E-state index contributed by atoms with van der Waals surface area (Å²) in [6.07, 6.45) is 5.24. The smallest absolute Gasteiger partial charge is 0.247 e. The number of ether oxygens (including phenoxy) is 1. The number of amides is 2. The zero-order valence-electron chi connectivity index (χ0n) is 24.8. The number of rotatable bonds is 10. The highest BCUT2D eigenvalue weighted by molar-refractivity contribution is 7.92. The second-order valence-electron chi connectivity index (χ2n) is 12.1. The van der Waals surface area contributed by atoms with Crippen LogP contribution in [0.5, 0.6) is 0 Å². The van der Waals surface area contributed by atoms with Gasteiger partial charge in [-0.15, -0.1) is 0 Å². The van der Waals surface area contributed by atoms with Gasteiger partial charge in [0.2, 0.25) is 21.8 Å². The highest BCUT2D eigenvalue weighted by Crippen LogP contribution is 2.47. The molecule has 2 amide bonds. The molecule has 0 unspecified atom stereocenters. The van der Waals surface area contributed by atoms with E-state index in [1.54, 1.807) is 0 Å². The van der Waals surface area contributed by atoms with E-state index in [9.17, 15) is 18.0 Å². The molecule has 3 aliphatic rings. The van der Waals surface area contributed by atoms with Gasteiger partial charge in [0.25, 0.3) is 0 Å². The Hall–Kier alpha value is -2.95. The molecule has 3 heterocycles. The fourth-order valence-electron chi connectivity index (χ4n) is 6.75. The molecule has 2 aromatic rings. The van der Waals surface area contributed by atoms with E-state index in [4.69, 9.17) is 4.74 Å². The number of anilines is 1. The maximum absolute atomic E-state index is 13.9. The molecule has 10 heteroatoms. The fourth-order valence-corrected chi connectivity index (χ4v) is 7.75. The average molecular weight is 597 g/mol. The number of piperidine rings is 2. The molecule has 1 atom stereocenters. The van der Waals surface area contributed by atoms with Gasteiger partial charge in [-0.05, 0) is 68.9 Å². The lowest BCUT2D eigenvalue weighted by atomic mass is 9.74. The zero-order chi connectivity index (χ0) is 29.7. The molecule has 0 radical (unpaired) electrons. The molecule has 2 saturated heterocycles. The van der Waals surface area contributed by atoms with Crippen LogP contribution >= 0.6 is 0 Å². The Morgan fingerprint density at radius 2 is 1.67 bits per heavy atom. The van der Waals surface area contributed by atoms with Crippen LogP contribution in [0, 0.1) is 5.92 Å². The molecular weight excluding hydrogens is 552 g/mol. The normalized spacial score (nSPS) is 20.0. The van der Waals surface area contributed by atoms with Gasteiger partial charge in [-0.25, -0.2) is 8.42 Å². The van der Waals surface area contributed by atoms with Crippen LogP contribution in [0.2, 0.25) is 0 Å². The quantitative estimate of drug-likeness (QED) is 0.453. The van der Waals surface area contributed by atoms with Crippen molar-refractivity contribution in [1.29, 1.82) is 0 Å². The van der Waals surface area contributed by atoms with Crippen molar-refractivity contribution < 1.29 is 22.7 Å². The van der Waals surface area contributed by atoms with Crippen LogP contribution in [-0.4, -0.2) is 88.2 Å². The number of sulfonamides is 1. The lowest BCUT2D eigenvalue weighted by Crippen LogP contribution is -2.56. The molecule has 0 saturated carbocycles. The van der Waals surface area contributed by atoms with Gasteiger partial charge < -0.3 is 19.9 Å². The number of hydrogen-bond acceptors (Lipinski definition) is 6. The van der Waals surface area contributed by atoms with E-state index in [1.807, 2.05) is 59.5 Å². The summed E-state index contributed by atoms with van der Waals surface area (Å²) in [5.74, 6) is -0.320. The molecule has 5 rings (SSSR count). The van der Waals surface area contributed by atoms with E-state index >= 15 is 0 Å². The lowest BCUT2D eigenvalue weighted by molar-refractivity contribution is -0.141. The van der Waals surface area contributed by atoms with Crippen LogP contribution in [0.3, 0.4) is 0 Å². The average Bonchev–Trinajstić information content (AvgIpc) is 3.32. The van der Waals surface area contributed by atoms with Crippen molar-refractivity contribution in [3.05, 3.63) is 65.7 Å². The van der Waals surface area contributed by atoms with E-state index in [0.717, 1.165) is 55.7 Å². The Morgan fingerprint density at radius 3 is 2.33 bits per heavy atom. The van der Waals surface area contributed by atoms with Crippen molar-refractivity contribution in [3.8, 4) is 0 Å². The molecule has 3 aliphatic heterocycles. The van der Waals surface area contributed by atoms with Gasteiger partial charge in [-0.3, -0.25) is 13.9 Å². The summed E-state index contributed by atoms with van der Waals surface area (Å²) in [5, 5.41) is 3.06. The maximum atomic E-state index is 13.9. The molecule has 228 valence electrons. The van der Waals surface area contributed by atoms with Crippen molar-refractivity contribution in [1.82, 2.24) is 15.1 Å². The van der Waals surface area contributed by atoms with Gasteiger partial charge in [0.05, 0.1) is 25.2 Å². The van der Waals surface area contributed by atoms with Gasteiger partial charge in [0, 0.05) is 31.0 Å². The third-order valence-electron chi connectivity index (χ3n) is 9.13. The van der Waals surface area contributed by atoms with Gasteiger partial charge >= 0.3 is 0 Å². The Labute approximate surface area is 250 Å². The van der Waals surface area contributed by atoms with E-state index < -0.39 is 16.1 Å². The summed E-state index contributed by atoms with van der Waals surface area (Å²) < 4.78 is 32.6. The molecule has 1 N–H and O–H groups in total. The largest absolute Gasteiger partial charge is 0.374 e. The number of para-hydroxylation sites is 1. The highest BCUT2D eigenvalue weighted by atomic mass is 32.2. The number of hydrogen-bond donors (Lipinski definition) is 1. The zero-order valence-corrected chi connectivity index (χ0v) is 25.7. The van der Waals surface area contributed by atoms with Gasteiger partial charge in [0.15, 0.2) is 0 Å². The first-order valence-electron chi connectivity index (χ1n) is 15.2. The Kier molecular flexibility index (Phi) is 9.54. The minimum Gasteiger partial charge on any atom is -0.374 e. The number of fused-ring (bicyclic) bond motifs is 2. The number of carbonyl (C=O) groups is 2. The minimum absolute atomic E-state index is 0.0743. The first-order valence-corrected chi connectivity index (χ1v) is 17.1. The number of nitrogens with zero attached hydrogens (tertiary/aromatic N) is 3. The molecule has 0 bridgehead atoms. The van der Waals surface area contributed by atoms with Crippen molar-refractivity contribution in [2.45, 2.75) is 57.1 Å². The summed E-state index contributed by atoms with van der Waals surface area (Å²) in [6.45, 7) is 6.84. The highest BCUT2D eigenvalue weighted by Gasteiger charge is 2.48. The second kappa shape index (κ2) is 13.1. The second-order valence-corrected chi connectivity index (χ2v) is 14.0. The maximum Gasteiger partial charge on any atom is 0.247 e. The van der Waals surface area contributed by atoms with Crippen molar-refractivity contribution in [2.24, 2.45) is 5.92 Å². The Balaban J connectivity index is 1.25. The molecule has 0 aliphatic carbocycles. The standard InChI is InChI=1S/C32H44N4O5S/c1-3-17-34-18-13-26(14-19-34)30(37)33-28(23-41-22-25-9-5-4-6-10-25)31(38)35-20-15-32(16-21-35)24-36(42(2,39)40)29-12-8-7-11-27(29)32/h4-12,26,28H,3,13-24H2,1-2H3,(H,33,37)/t28-/m1/s1. The van der Waals surface area contributed by atoms with Crippen LogP contribution in [-0.2, 0) is 36.4 Å². The molecule has 9 nitrogen and oxygen atoms in total. The molecule has 2 aromatic carbocycles. The number of likely N-dealkylation sites (tertiary alicyclic amines) is 2. The number of benzene rings is 2. The van der Waals surface area contributed by atoms with E-state index in [0.29, 0.717) is 39.1 Å². The molecule has 2 fully saturated rings. The fraction of sp³-hybridized carbons (Fsp3) is 0.562. The molecular formula is C32H44N4O5S. The summed E-state index contributed by atoms with van der Waals surface area (Å²) in [5.41, 5.74) is 2.46. The monoisotopic (exact) mass is 596 g/mol. The lowest BCUT2D eigenvalue weighted by Gasteiger charge is -2.41. The summed E-state index contributed by atoms with van der Waals surface area (Å²) in [6, 6.07) is 16.7. The third kappa shape index (κ3) is 6.82. The Bertz CT molecular complexity index is 1340. The summed E-state index contributed by atoms with van der Waals surface area (Å²) in [7, 11) is -3.41. The topological polar surface area (TPSA) is 99.3 Å². The van der Waals surface area contributed by atoms with Crippen LogP contribution in [0.15, 0.2) is 54.6 Å². The SMILES string of the molecule is CCCN1CCC(C(=O)N[C@H](COCc2ccccc2)C(=O)N2CCC3(CC2)CN(S(C)(=O)=O)c2ccccc23)CC1. The minimum atomic E-state index is -3.41. The molecule has 42 heavy (non-hydrogen) atoms. The number of nitrogens with one attached hydrogen (secondary N) is 1. The van der Waals surface area contributed by atoms with Crippen molar-refractivity contribution in [2.75, 3.05) is 56.4 Å². The Morgan fingerprint density at radius 1 is 1.00 bits per heavy atom. The van der Waals surface area contributed by atoms with Crippen LogP contribution in [0.1, 0.15) is 50.2 Å². The first kappa shape index (κ1) is 30.5. The van der Waals surface area contributed by atoms with Gasteiger partial charge in [0.1, 0.15) is 6.04 Å².